The number of hydrogen-bond acceptors (Lipinski definition) is 5. The van der Waals surface area contributed by atoms with Gasteiger partial charge in [-0.25, -0.2) is 14.6 Å². The number of aromatic nitrogens is 1. The van der Waals surface area contributed by atoms with Crippen molar-refractivity contribution in [3.63, 3.8) is 0 Å². The number of carboxylic acid groups (broad SMARTS) is 1. The van der Waals surface area contributed by atoms with Crippen LogP contribution in [0.4, 0.5) is 4.79 Å². The van der Waals surface area contributed by atoms with Crippen molar-refractivity contribution in [1.82, 2.24) is 14.8 Å². The minimum atomic E-state index is -1.000. The molecule has 0 saturated carbocycles. The topological polar surface area (TPSA) is 83.0 Å². The van der Waals surface area contributed by atoms with Crippen LogP contribution >= 0.6 is 0 Å². The van der Waals surface area contributed by atoms with Gasteiger partial charge in [-0.05, 0) is 57.9 Å². The van der Waals surface area contributed by atoms with Gasteiger partial charge < -0.3 is 14.7 Å². The van der Waals surface area contributed by atoms with Crippen molar-refractivity contribution in [2.24, 2.45) is 0 Å². The number of aryl methyl sites for hydroxylation is 1. The maximum absolute atomic E-state index is 12.0. The predicted octanol–water partition coefficient (Wildman–Crippen LogP) is 2.27. The van der Waals surface area contributed by atoms with E-state index in [1.54, 1.807) is 17.2 Å². The summed E-state index contributed by atoms with van der Waals surface area (Å²) >= 11 is 0. The Labute approximate surface area is 148 Å². The van der Waals surface area contributed by atoms with E-state index in [0.717, 1.165) is 38.0 Å². The molecule has 0 spiro atoms. The molecule has 0 unspecified atom stereocenters. The highest BCUT2D eigenvalue weighted by Crippen LogP contribution is 2.12. The molecule has 7 nitrogen and oxygen atoms in total. The Kier molecular flexibility index (Phi) is 6.36. The number of carbonyl (C=O) groups excluding carboxylic acids is 1. The fraction of sp³-hybridized carbons (Fsp3) is 0.611. The number of aromatic carboxylic acids is 1. The van der Waals surface area contributed by atoms with E-state index < -0.39 is 11.6 Å². The molecule has 1 aromatic rings. The SMILES string of the molecule is CC(C)(C)OC(=O)N1CCN(CCCc2ccnc(C(=O)O)c2)CC1. The van der Waals surface area contributed by atoms with Gasteiger partial charge in [-0.2, -0.15) is 0 Å². The molecule has 138 valence electrons. The molecule has 0 aromatic carbocycles. The molecule has 1 aliphatic rings. The molecule has 1 N–H and O–H groups in total. The standard InChI is InChI=1S/C18H27N3O4/c1-18(2,3)25-17(24)21-11-9-20(10-12-21)8-4-5-14-6-7-19-15(13-14)16(22)23/h6-7,13H,4-5,8-12H2,1-3H3,(H,22,23). The van der Waals surface area contributed by atoms with E-state index in [2.05, 4.69) is 9.88 Å². The number of hydrogen-bond donors (Lipinski definition) is 1. The van der Waals surface area contributed by atoms with Gasteiger partial charge in [0.2, 0.25) is 0 Å². The van der Waals surface area contributed by atoms with Crippen LogP contribution in [0.2, 0.25) is 0 Å². The van der Waals surface area contributed by atoms with Gasteiger partial charge in [-0.3, -0.25) is 4.90 Å². The molecule has 0 aliphatic carbocycles. The van der Waals surface area contributed by atoms with Crippen molar-refractivity contribution in [1.29, 1.82) is 0 Å². The molecule has 0 atom stereocenters. The largest absolute Gasteiger partial charge is 0.477 e. The minimum Gasteiger partial charge on any atom is -0.477 e. The molecule has 1 amide bonds. The van der Waals surface area contributed by atoms with Gasteiger partial charge in [0.25, 0.3) is 0 Å². The molecule has 0 bridgehead atoms. The predicted molar refractivity (Wildman–Crippen MR) is 93.8 cm³/mol. The first-order valence-electron chi connectivity index (χ1n) is 8.63. The summed E-state index contributed by atoms with van der Waals surface area (Å²) in [7, 11) is 0. The van der Waals surface area contributed by atoms with Crippen LogP contribution in [0.25, 0.3) is 0 Å². The second-order valence-corrected chi connectivity index (χ2v) is 7.27. The summed E-state index contributed by atoms with van der Waals surface area (Å²) in [5, 5.41) is 8.97. The fourth-order valence-electron chi connectivity index (χ4n) is 2.73. The van der Waals surface area contributed by atoms with E-state index in [9.17, 15) is 9.59 Å². The van der Waals surface area contributed by atoms with Crippen molar-refractivity contribution in [2.75, 3.05) is 32.7 Å². The molecular weight excluding hydrogens is 322 g/mol. The Hall–Kier alpha value is -2.15. The Morgan fingerprint density at radius 2 is 1.92 bits per heavy atom. The molecular formula is C18H27N3O4. The lowest BCUT2D eigenvalue weighted by molar-refractivity contribution is 0.0144. The number of piperazine rings is 1. The number of ether oxygens (including phenoxy) is 1. The normalized spacial score (nSPS) is 15.9. The molecule has 0 radical (unpaired) electrons. The smallest absolute Gasteiger partial charge is 0.410 e. The van der Waals surface area contributed by atoms with Gasteiger partial charge in [0.1, 0.15) is 11.3 Å². The quantitative estimate of drug-likeness (QED) is 0.878. The van der Waals surface area contributed by atoms with Crippen molar-refractivity contribution >= 4 is 12.1 Å². The maximum atomic E-state index is 12.0. The molecule has 7 heteroatoms. The van der Waals surface area contributed by atoms with Crippen molar-refractivity contribution < 1.29 is 19.4 Å². The molecule has 1 fully saturated rings. The fourth-order valence-corrected chi connectivity index (χ4v) is 2.73. The first-order chi connectivity index (χ1) is 11.7. The van der Waals surface area contributed by atoms with Crippen molar-refractivity contribution in [3.8, 4) is 0 Å². The van der Waals surface area contributed by atoms with E-state index in [1.807, 2.05) is 26.8 Å². The first kappa shape index (κ1) is 19.2. The zero-order valence-electron chi connectivity index (χ0n) is 15.2. The monoisotopic (exact) mass is 349 g/mol. The first-order valence-corrected chi connectivity index (χ1v) is 8.63. The van der Waals surface area contributed by atoms with Crippen LogP contribution < -0.4 is 0 Å². The third-order valence-electron chi connectivity index (χ3n) is 4.01. The Morgan fingerprint density at radius 1 is 1.24 bits per heavy atom. The average Bonchev–Trinajstić information content (AvgIpc) is 2.54. The molecule has 2 heterocycles. The number of rotatable bonds is 5. The number of amides is 1. The number of pyridine rings is 1. The Morgan fingerprint density at radius 3 is 2.52 bits per heavy atom. The average molecular weight is 349 g/mol. The molecule has 1 aliphatic heterocycles. The van der Waals surface area contributed by atoms with E-state index in [-0.39, 0.29) is 11.8 Å². The molecule has 1 aromatic heterocycles. The summed E-state index contributed by atoms with van der Waals surface area (Å²) in [6, 6.07) is 3.48. The summed E-state index contributed by atoms with van der Waals surface area (Å²) in [4.78, 5) is 30.9. The zero-order chi connectivity index (χ0) is 18.4. The van der Waals surface area contributed by atoms with Gasteiger partial charge in [0.15, 0.2) is 0 Å². The highest BCUT2D eigenvalue weighted by atomic mass is 16.6. The van der Waals surface area contributed by atoms with Crippen LogP contribution in [0, 0.1) is 0 Å². The number of carbonyl (C=O) groups is 2. The van der Waals surface area contributed by atoms with Crippen LogP contribution in [0.15, 0.2) is 18.3 Å². The second kappa shape index (κ2) is 8.29. The van der Waals surface area contributed by atoms with Crippen LogP contribution in [-0.4, -0.2) is 70.3 Å². The lowest BCUT2D eigenvalue weighted by Crippen LogP contribution is -2.50. The Bertz CT molecular complexity index is 605. The van der Waals surface area contributed by atoms with E-state index in [1.165, 1.54) is 0 Å². The van der Waals surface area contributed by atoms with Crippen LogP contribution in [0.5, 0.6) is 0 Å². The van der Waals surface area contributed by atoms with E-state index >= 15 is 0 Å². The minimum absolute atomic E-state index is 0.0866. The van der Waals surface area contributed by atoms with Gasteiger partial charge >= 0.3 is 12.1 Å². The molecule has 2 rings (SSSR count). The highest BCUT2D eigenvalue weighted by molar-refractivity contribution is 5.85. The molecule has 1 saturated heterocycles. The third-order valence-corrected chi connectivity index (χ3v) is 4.01. The lowest BCUT2D eigenvalue weighted by Gasteiger charge is -2.35. The lowest BCUT2D eigenvalue weighted by atomic mass is 10.1. The van der Waals surface area contributed by atoms with Gasteiger partial charge in [0.05, 0.1) is 0 Å². The van der Waals surface area contributed by atoms with Crippen molar-refractivity contribution in [2.45, 2.75) is 39.2 Å². The van der Waals surface area contributed by atoms with Gasteiger partial charge in [0, 0.05) is 32.4 Å². The second-order valence-electron chi connectivity index (χ2n) is 7.27. The summed E-state index contributed by atoms with van der Waals surface area (Å²) in [6.45, 7) is 9.54. The van der Waals surface area contributed by atoms with Crippen LogP contribution in [-0.2, 0) is 11.2 Å². The number of nitrogens with zero attached hydrogens (tertiary/aromatic N) is 3. The summed E-state index contributed by atoms with van der Waals surface area (Å²) < 4.78 is 5.40. The van der Waals surface area contributed by atoms with Crippen LogP contribution in [0.1, 0.15) is 43.2 Å². The summed E-state index contributed by atoms with van der Waals surface area (Å²) in [5.74, 6) is -1.000. The maximum Gasteiger partial charge on any atom is 0.410 e. The summed E-state index contributed by atoms with van der Waals surface area (Å²) in [6.07, 6.45) is 3.05. The van der Waals surface area contributed by atoms with E-state index in [0.29, 0.717) is 13.1 Å². The van der Waals surface area contributed by atoms with Crippen LogP contribution in [0.3, 0.4) is 0 Å². The summed E-state index contributed by atoms with van der Waals surface area (Å²) in [5.41, 5.74) is 0.608. The number of carboxylic acids is 1. The Balaban J connectivity index is 1.71. The van der Waals surface area contributed by atoms with Gasteiger partial charge in [-0.15, -0.1) is 0 Å². The zero-order valence-corrected chi connectivity index (χ0v) is 15.2. The third kappa shape index (κ3) is 6.34. The van der Waals surface area contributed by atoms with Gasteiger partial charge in [-0.1, -0.05) is 0 Å². The molecule has 25 heavy (non-hydrogen) atoms. The van der Waals surface area contributed by atoms with Crippen molar-refractivity contribution in [3.05, 3.63) is 29.6 Å². The van der Waals surface area contributed by atoms with E-state index in [4.69, 9.17) is 9.84 Å². The highest BCUT2D eigenvalue weighted by Gasteiger charge is 2.25.